The fraction of sp³-hybridized carbons (Fsp3) is 0.444. The Morgan fingerprint density at radius 3 is 3.09 bits per heavy atom. The van der Waals surface area contributed by atoms with E-state index in [-0.39, 0.29) is 0 Å². The highest BCUT2D eigenvalue weighted by atomic mass is 16.4. The highest BCUT2D eigenvalue weighted by molar-refractivity contribution is 5.88. The highest BCUT2D eigenvalue weighted by Crippen LogP contribution is 2.30. The molecule has 2 rings (SSSR count). The van der Waals surface area contributed by atoms with Crippen LogP contribution in [0.3, 0.4) is 0 Å². The molecule has 0 heterocycles. The molecule has 0 saturated heterocycles. The number of nitrogens with zero attached hydrogens (tertiary/aromatic N) is 1. The monoisotopic (exact) mass is 149 g/mol. The van der Waals surface area contributed by atoms with E-state index in [9.17, 15) is 0 Å². The Morgan fingerprint density at radius 1 is 1.36 bits per heavy atom. The Morgan fingerprint density at radius 2 is 2.27 bits per heavy atom. The van der Waals surface area contributed by atoms with E-state index in [4.69, 9.17) is 5.21 Å². The lowest BCUT2D eigenvalue weighted by molar-refractivity contribution is 0.316. The van der Waals surface area contributed by atoms with Gasteiger partial charge in [0.2, 0.25) is 0 Å². The molecule has 0 aromatic heterocycles. The van der Waals surface area contributed by atoms with E-state index in [0.29, 0.717) is 0 Å². The average Bonchev–Trinajstić information content (AvgIpc) is 2.50. The molecular formula is C9H11NO. The molecule has 0 bridgehead atoms. The van der Waals surface area contributed by atoms with Gasteiger partial charge in [-0.25, -0.2) is 0 Å². The molecule has 0 saturated carbocycles. The van der Waals surface area contributed by atoms with Gasteiger partial charge in [-0.2, -0.15) is 0 Å². The Kier molecular flexibility index (Phi) is 1.53. The smallest absolute Gasteiger partial charge is 0.0617 e. The first-order valence-corrected chi connectivity index (χ1v) is 3.97. The molecule has 0 spiro atoms. The minimum absolute atomic E-state index is 0.863. The Hall–Kier alpha value is -1.05. The lowest BCUT2D eigenvalue weighted by Crippen LogP contribution is -2.06. The van der Waals surface area contributed by atoms with Crippen molar-refractivity contribution in [1.82, 2.24) is 0 Å². The Balaban J connectivity index is 2.22. The summed E-state index contributed by atoms with van der Waals surface area (Å²) in [7, 11) is 0. The van der Waals surface area contributed by atoms with Crippen LogP contribution in [0.15, 0.2) is 28.5 Å². The van der Waals surface area contributed by atoms with E-state index in [1.54, 1.807) is 0 Å². The number of oxime groups is 1. The van der Waals surface area contributed by atoms with E-state index in [1.165, 1.54) is 11.1 Å². The minimum atomic E-state index is 0.863. The first kappa shape index (κ1) is 6.65. The molecule has 0 unspecified atom stereocenters. The molecule has 1 N–H and O–H groups in total. The van der Waals surface area contributed by atoms with Gasteiger partial charge in [-0.05, 0) is 24.8 Å². The zero-order chi connectivity index (χ0) is 7.68. The third kappa shape index (κ3) is 1.09. The maximum atomic E-state index is 8.55. The predicted octanol–water partition coefficient (Wildman–Crippen LogP) is 2.26. The van der Waals surface area contributed by atoms with Crippen LogP contribution in [0.1, 0.15) is 25.7 Å². The number of rotatable bonds is 0. The second-order valence-corrected chi connectivity index (χ2v) is 3.08. The van der Waals surface area contributed by atoms with Crippen LogP contribution in [-0.2, 0) is 0 Å². The summed E-state index contributed by atoms with van der Waals surface area (Å²) >= 11 is 0. The van der Waals surface area contributed by atoms with Crippen molar-refractivity contribution >= 4 is 5.71 Å². The SMILES string of the molecule is O/N=C1\CCC2=C(C=CC2)C1. The zero-order valence-corrected chi connectivity index (χ0v) is 6.38. The van der Waals surface area contributed by atoms with E-state index < -0.39 is 0 Å². The van der Waals surface area contributed by atoms with Crippen LogP contribution < -0.4 is 0 Å². The van der Waals surface area contributed by atoms with Crippen LogP contribution in [0.5, 0.6) is 0 Å². The molecule has 0 fully saturated rings. The minimum Gasteiger partial charge on any atom is -0.411 e. The van der Waals surface area contributed by atoms with Crippen molar-refractivity contribution < 1.29 is 5.21 Å². The van der Waals surface area contributed by atoms with E-state index >= 15 is 0 Å². The molecule has 2 aliphatic carbocycles. The van der Waals surface area contributed by atoms with Crippen molar-refractivity contribution in [1.29, 1.82) is 0 Å². The van der Waals surface area contributed by atoms with Gasteiger partial charge < -0.3 is 5.21 Å². The van der Waals surface area contributed by atoms with Gasteiger partial charge in [0.15, 0.2) is 0 Å². The summed E-state index contributed by atoms with van der Waals surface area (Å²) < 4.78 is 0. The molecule has 0 aromatic rings. The third-order valence-corrected chi connectivity index (χ3v) is 2.39. The maximum absolute atomic E-state index is 8.55. The topological polar surface area (TPSA) is 32.6 Å². The van der Waals surface area contributed by atoms with E-state index in [0.717, 1.165) is 31.4 Å². The zero-order valence-electron chi connectivity index (χ0n) is 6.38. The number of allylic oxidation sites excluding steroid dienone is 4. The van der Waals surface area contributed by atoms with Crippen molar-refractivity contribution in [3.05, 3.63) is 23.3 Å². The van der Waals surface area contributed by atoms with Gasteiger partial charge in [-0.1, -0.05) is 22.9 Å². The summed E-state index contributed by atoms with van der Waals surface area (Å²) in [6.07, 6.45) is 8.35. The largest absolute Gasteiger partial charge is 0.411 e. The average molecular weight is 149 g/mol. The second-order valence-electron chi connectivity index (χ2n) is 3.08. The van der Waals surface area contributed by atoms with Gasteiger partial charge in [0.25, 0.3) is 0 Å². The van der Waals surface area contributed by atoms with Gasteiger partial charge in [-0.3, -0.25) is 0 Å². The van der Waals surface area contributed by atoms with Gasteiger partial charge in [0.1, 0.15) is 0 Å². The van der Waals surface area contributed by atoms with Crippen molar-refractivity contribution in [3.8, 4) is 0 Å². The van der Waals surface area contributed by atoms with Gasteiger partial charge in [0, 0.05) is 6.42 Å². The molecule has 58 valence electrons. The molecule has 0 amide bonds. The summed E-state index contributed by atoms with van der Waals surface area (Å²) in [6.45, 7) is 0. The predicted molar refractivity (Wildman–Crippen MR) is 43.9 cm³/mol. The van der Waals surface area contributed by atoms with Crippen molar-refractivity contribution in [3.63, 3.8) is 0 Å². The summed E-state index contributed by atoms with van der Waals surface area (Å²) in [4.78, 5) is 0. The molecule has 2 heteroatoms. The Labute approximate surface area is 65.9 Å². The Bertz CT molecular complexity index is 261. The lowest BCUT2D eigenvalue weighted by atomic mass is 9.92. The van der Waals surface area contributed by atoms with Crippen LogP contribution in [0.4, 0.5) is 0 Å². The van der Waals surface area contributed by atoms with Gasteiger partial charge >= 0.3 is 0 Å². The standard InChI is InChI=1S/C9H11NO/c11-10-9-5-4-7-2-1-3-8(7)6-9/h1,3,11H,2,4-6H2/b10-9+. The maximum Gasteiger partial charge on any atom is 0.0617 e. The van der Waals surface area contributed by atoms with Crippen LogP contribution in [0, 0.1) is 0 Å². The second kappa shape index (κ2) is 2.53. The summed E-state index contributed by atoms with van der Waals surface area (Å²) in [5.41, 5.74) is 3.84. The van der Waals surface area contributed by atoms with Gasteiger partial charge in [0.05, 0.1) is 5.71 Å². The fourth-order valence-corrected chi connectivity index (χ4v) is 1.73. The lowest BCUT2D eigenvalue weighted by Gasteiger charge is -2.14. The molecule has 0 atom stereocenters. The molecule has 2 aliphatic rings. The van der Waals surface area contributed by atoms with Crippen LogP contribution in [0.25, 0.3) is 0 Å². The van der Waals surface area contributed by atoms with Crippen molar-refractivity contribution in [2.45, 2.75) is 25.7 Å². The number of hydrogen-bond acceptors (Lipinski definition) is 2. The normalized spacial score (nSPS) is 26.4. The molecular weight excluding hydrogens is 138 g/mol. The van der Waals surface area contributed by atoms with E-state index in [2.05, 4.69) is 17.3 Å². The molecule has 11 heavy (non-hydrogen) atoms. The summed E-state index contributed by atoms with van der Waals surface area (Å²) in [5.74, 6) is 0. The van der Waals surface area contributed by atoms with Crippen molar-refractivity contribution in [2.24, 2.45) is 5.16 Å². The summed E-state index contributed by atoms with van der Waals surface area (Å²) in [6, 6.07) is 0. The molecule has 2 nitrogen and oxygen atoms in total. The van der Waals surface area contributed by atoms with Crippen molar-refractivity contribution in [2.75, 3.05) is 0 Å². The van der Waals surface area contributed by atoms with Crippen LogP contribution in [0.2, 0.25) is 0 Å². The molecule has 0 radical (unpaired) electrons. The quantitative estimate of drug-likeness (QED) is 0.416. The summed E-state index contributed by atoms with van der Waals surface area (Å²) in [5, 5.41) is 11.8. The number of hydrogen-bond donors (Lipinski definition) is 1. The first-order valence-electron chi connectivity index (χ1n) is 3.97. The van der Waals surface area contributed by atoms with Gasteiger partial charge in [-0.15, -0.1) is 0 Å². The van der Waals surface area contributed by atoms with E-state index in [1.807, 2.05) is 0 Å². The van der Waals surface area contributed by atoms with Crippen LogP contribution in [-0.4, -0.2) is 10.9 Å². The highest BCUT2D eigenvalue weighted by Gasteiger charge is 2.17. The first-order chi connectivity index (χ1) is 5.40. The van der Waals surface area contributed by atoms with Crippen LogP contribution >= 0.6 is 0 Å². The molecule has 0 aliphatic heterocycles. The fourth-order valence-electron chi connectivity index (χ4n) is 1.73. The molecule has 0 aromatic carbocycles. The third-order valence-electron chi connectivity index (χ3n) is 2.39.